The summed E-state index contributed by atoms with van der Waals surface area (Å²) in [5, 5.41) is 3.44. The van der Waals surface area contributed by atoms with Gasteiger partial charge in [-0.25, -0.2) is 4.98 Å². The number of nitrogens with zero attached hydrogens (tertiary/aromatic N) is 1. The van der Waals surface area contributed by atoms with Crippen LogP contribution in [0.15, 0.2) is 22.6 Å². The number of nitrogens with one attached hydrogen (secondary N) is 1. The van der Waals surface area contributed by atoms with Crippen LogP contribution < -0.4 is 10.1 Å². The molecular weight excluding hydrogens is 228 g/mol. The Morgan fingerprint density at radius 3 is 3.11 bits per heavy atom. The molecule has 0 amide bonds. The van der Waals surface area contributed by atoms with Gasteiger partial charge in [0.05, 0.1) is 7.11 Å². The molecule has 0 radical (unpaired) electrons. The van der Waals surface area contributed by atoms with Crippen LogP contribution in [0.4, 0.5) is 0 Å². The highest BCUT2D eigenvalue weighted by molar-refractivity contribution is 5.74. The number of piperidine rings is 1. The summed E-state index contributed by atoms with van der Waals surface area (Å²) in [5.74, 6) is 2.12. The van der Waals surface area contributed by atoms with Gasteiger partial charge in [0.2, 0.25) is 0 Å². The molecule has 4 heteroatoms. The van der Waals surface area contributed by atoms with E-state index in [0.29, 0.717) is 12.0 Å². The fourth-order valence-corrected chi connectivity index (χ4v) is 2.58. The SMILES string of the molecule is COc1ccc2oc(C3CCNC(C)C3)nc2c1. The summed E-state index contributed by atoms with van der Waals surface area (Å²) in [6, 6.07) is 6.29. The highest BCUT2D eigenvalue weighted by atomic mass is 16.5. The average Bonchev–Trinajstić information content (AvgIpc) is 2.81. The molecule has 1 fully saturated rings. The van der Waals surface area contributed by atoms with Crippen LogP contribution in [0.1, 0.15) is 31.6 Å². The summed E-state index contributed by atoms with van der Waals surface area (Å²) in [5.41, 5.74) is 1.73. The molecule has 0 bridgehead atoms. The Labute approximate surface area is 106 Å². The number of aromatic nitrogens is 1. The van der Waals surface area contributed by atoms with Crippen molar-refractivity contribution in [3.05, 3.63) is 24.1 Å². The molecule has 1 saturated heterocycles. The van der Waals surface area contributed by atoms with Crippen molar-refractivity contribution < 1.29 is 9.15 Å². The Hall–Kier alpha value is -1.55. The van der Waals surface area contributed by atoms with Crippen LogP contribution in [-0.4, -0.2) is 24.7 Å². The van der Waals surface area contributed by atoms with E-state index in [0.717, 1.165) is 42.1 Å². The summed E-state index contributed by atoms with van der Waals surface area (Å²) in [7, 11) is 1.66. The predicted molar refractivity (Wildman–Crippen MR) is 70.0 cm³/mol. The molecule has 1 N–H and O–H groups in total. The molecule has 18 heavy (non-hydrogen) atoms. The van der Waals surface area contributed by atoms with Crippen LogP contribution in [0.3, 0.4) is 0 Å². The molecule has 1 aromatic carbocycles. The number of benzene rings is 1. The van der Waals surface area contributed by atoms with E-state index in [9.17, 15) is 0 Å². The van der Waals surface area contributed by atoms with E-state index >= 15 is 0 Å². The number of hydrogen-bond acceptors (Lipinski definition) is 4. The van der Waals surface area contributed by atoms with E-state index in [-0.39, 0.29) is 0 Å². The van der Waals surface area contributed by atoms with E-state index in [4.69, 9.17) is 9.15 Å². The first-order valence-electron chi connectivity index (χ1n) is 6.44. The summed E-state index contributed by atoms with van der Waals surface area (Å²) in [6.45, 7) is 3.24. The predicted octanol–water partition coefficient (Wildman–Crippen LogP) is 2.69. The number of methoxy groups -OCH3 is 1. The topological polar surface area (TPSA) is 47.3 Å². The minimum atomic E-state index is 0.430. The van der Waals surface area contributed by atoms with Gasteiger partial charge in [-0.3, -0.25) is 0 Å². The highest BCUT2D eigenvalue weighted by Crippen LogP contribution is 2.30. The molecule has 2 unspecified atom stereocenters. The van der Waals surface area contributed by atoms with Crippen molar-refractivity contribution in [3.63, 3.8) is 0 Å². The second-order valence-electron chi connectivity index (χ2n) is 4.96. The molecule has 2 aromatic rings. The summed E-state index contributed by atoms with van der Waals surface area (Å²) >= 11 is 0. The summed E-state index contributed by atoms with van der Waals surface area (Å²) in [6.07, 6.45) is 2.18. The second-order valence-corrected chi connectivity index (χ2v) is 4.96. The van der Waals surface area contributed by atoms with Crippen molar-refractivity contribution in [3.8, 4) is 5.75 Å². The number of rotatable bonds is 2. The molecule has 96 valence electrons. The molecule has 0 aliphatic carbocycles. The first-order chi connectivity index (χ1) is 8.76. The molecule has 1 aliphatic rings. The maximum Gasteiger partial charge on any atom is 0.198 e. The zero-order valence-corrected chi connectivity index (χ0v) is 10.8. The quantitative estimate of drug-likeness (QED) is 0.885. The molecule has 1 aromatic heterocycles. The third-order valence-corrected chi connectivity index (χ3v) is 3.58. The number of ether oxygens (including phenoxy) is 1. The zero-order valence-electron chi connectivity index (χ0n) is 10.8. The van der Waals surface area contributed by atoms with E-state index in [2.05, 4.69) is 17.2 Å². The molecule has 0 saturated carbocycles. The second kappa shape index (κ2) is 4.61. The average molecular weight is 246 g/mol. The Kier molecular flexibility index (Phi) is 2.96. The third kappa shape index (κ3) is 2.08. The van der Waals surface area contributed by atoms with E-state index in [1.807, 2.05) is 18.2 Å². The van der Waals surface area contributed by atoms with Crippen molar-refractivity contribution in [2.45, 2.75) is 31.7 Å². The summed E-state index contributed by atoms with van der Waals surface area (Å²) < 4.78 is 11.1. The van der Waals surface area contributed by atoms with Gasteiger partial charge in [0.1, 0.15) is 11.3 Å². The van der Waals surface area contributed by atoms with Gasteiger partial charge in [-0.05, 0) is 38.4 Å². The van der Waals surface area contributed by atoms with Crippen molar-refractivity contribution in [1.82, 2.24) is 10.3 Å². The number of hydrogen-bond donors (Lipinski definition) is 1. The number of oxazole rings is 1. The third-order valence-electron chi connectivity index (χ3n) is 3.58. The van der Waals surface area contributed by atoms with Gasteiger partial charge in [-0.1, -0.05) is 0 Å². The number of fused-ring (bicyclic) bond motifs is 1. The van der Waals surface area contributed by atoms with Crippen LogP contribution in [0.2, 0.25) is 0 Å². The lowest BCUT2D eigenvalue weighted by Gasteiger charge is -2.25. The Morgan fingerprint density at radius 1 is 1.44 bits per heavy atom. The molecule has 2 atom stereocenters. The lowest BCUT2D eigenvalue weighted by Crippen LogP contribution is -2.34. The standard InChI is InChI=1S/C14H18N2O2/c1-9-7-10(5-6-15-9)14-16-12-8-11(17-2)3-4-13(12)18-14/h3-4,8-10,15H,5-7H2,1-2H3. The van der Waals surface area contributed by atoms with Gasteiger partial charge in [0.25, 0.3) is 0 Å². The maximum absolute atomic E-state index is 5.86. The fraction of sp³-hybridized carbons (Fsp3) is 0.500. The van der Waals surface area contributed by atoms with Gasteiger partial charge in [-0.15, -0.1) is 0 Å². The molecule has 4 nitrogen and oxygen atoms in total. The lowest BCUT2D eigenvalue weighted by atomic mass is 9.93. The largest absolute Gasteiger partial charge is 0.497 e. The van der Waals surface area contributed by atoms with E-state index < -0.39 is 0 Å². The van der Waals surface area contributed by atoms with Crippen LogP contribution >= 0.6 is 0 Å². The van der Waals surface area contributed by atoms with Crippen molar-refractivity contribution in [2.75, 3.05) is 13.7 Å². The minimum absolute atomic E-state index is 0.430. The molecular formula is C14H18N2O2. The normalized spacial score (nSPS) is 24.3. The van der Waals surface area contributed by atoms with E-state index in [1.165, 1.54) is 0 Å². The Morgan fingerprint density at radius 2 is 2.33 bits per heavy atom. The Bertz CT molecular complexity index is 550. The van der Waals surface area contributed by atoms with Crippen LogP contribution in [0, 0.1) is 0 Å². The van der Waals surface area contributed by atoms with Gasteiger partial charge >= 0.3 is 0 Å². The summed E-state index contributed by atoms with van der Waals surface area (Å²) in [4.78, 5) is 4.60. The molecule has 2 heterocycles. The smallest absolute Gasteiger partial charge is 0.198 e. The van der Waals surface area contributed by atoms with Gasteiger partial charge in [0.15, 0.2) is 11.5 Å². The van der Waals surface area contributed by atoms with E-state index in [1.54, 1.807) is 7.11 Å². The molecule has 3 rings (SSSR count). The van der Waals surface area contributed by atoms with Crippen LogP contribution in [0.5, 0.6) is 5.75 Å². The van der Waals surface area contributed by atoms with Gasteiger partial charge in [-0.2, -0.15) is 0 Å². The maximum atomic E-state index is 5.86. The van der Waals surface area contributed by atoms with Gasteiger partial charge < -0.3 is 14.5 Å². The van der Waals surface area contributed by atoms with Crippen molar-refractivity contribution in [2.24, 2.45) is 0 Å². The highest BCUT2D eigenvalue weighted by Gasteiger charge is 2.24. The van der Waals surface area contributed by atoms with Crippen LogP contribution in [0.25, 0.3) is 11.1 Å². The lowest BCUT2D eigenvalue weighted by molar-refractivity contribution is 0.336. The molecule has 1 aliphatic heterocycles. The van der Waals surface area contributed by atoms with Crippen molar-refractivity contribution >= 4 is 11.1 Å². The van der Waals surface area contributed by atoms with Crippen LogP contribution in [-0.2, 0) is 0 Å². The monoisotopic (exact) mass is 246 g/mol. The van der Waals surface area contributed by atoms with Gasteiger partial charge in [0, 0.05) is 18.0 Å². The molecule has 0 spiro atoms. The zero-order chi connectivity index (χ0) is 12.5. The Balaban J connectivity index is 1.92. The first kappa shape index (κ1) is 11.5. The van der Waals surface area contributed by atoms with Crippen molar-refractivity contribution in [1.29, 1.82) is 0 Å². The first-order valence-corrected chi connectivity index (χ1v) is 6.44. The minimum Gasteiger partial charge on any atom is -0.497 e. The fourth-order valence-electron chi connectivity index (χ4n) is 2.58.